The molecule has 0 fully saturated rings. The summed E-state index contributed by atoms with van der Waals surface area (Å²) in [5.41, 5.74) is 3.19. The lowest BCUT2D eigenvalue weighted by atomic mass is 9.88. The first kappa shape index (κ1) is 17.6. The van der Waals surface area contributed by atoms with Gasteiger partial charge in [0.25, 0.3) is 0 Å². The molecule has 4 aromatic carbocycles. The van der Waals surface area contributed by atoms with Crippen molar-refractivity contribution in [1.82, 2.24) is 0 Å². The Hall–Kier alpha value is -2.84. The second-order valence-electron chi connectivity index (χ2n) is 6.56. The lowest BCUT2D eigenvalue weighted by Crippen LogP contribution is -1.98. The zero-order valence-electron chi connectivity index (χ0n) is 14.7. The summed E-state index contributed by atoms with van der Waals surface area (Å²) < 4.78 is 1.03. The molecule has 0 saturated carbocycles. The number of halogens is 1. The van der Waals surface area contributed by atoms with Gasteiger partial charge in [0.1, 0.15) is 5.75 Å². The fourth-order valence-electron chi connectivity index (χ4n) is 3.35. The summed E-state index contributed by atoms with van der Waals surface area (Å²) in [6.45, 7) is 0. The van der Waals surface area contributed by atoms with Gasteiger partial charge in [-0.3, -0.25) is 0 Å². The van der Waals surface area contributed by atoms with Crippen molar-refractivity contribution < 1.29 is 5.11 Å². The average Bonchev–Trinajstić information content (AvgIpc) is 2.70. The summed E-state index contributed by atoms with van der Waals surface area (Å²) in [5, 5.41) is 12.9. The highest BCUT2D eigenvalue weighted by atomic mass is 79.9. The predicted molar refractivity (Wildman–Crippen MR) is 117 cm³/mol. The van der Waals surface area contributed by atoms with Gasteiger partial charge < -0.3 is 5.11 Å². The van der Waals surface area contributed by atoms with Crippen molar-refractivity contribution in [3.8, 4) is 5.75 Å². The molecule has 0 aliphatic rings. The molecule has 1 unspecified atom stereocenters. The van der Waals surface area contributed by atoms with Crippen molar-refractivity contribution in [3.63, 3.8) is 0 Å². The Balaban J connectivity index is 1.84. The molecular formula is C25H19BrO. The molecule has 0 aliphatic carbocycles. The van der Waals surface area contributed by atoms with Crippen LogP contribution in [0.25, 0.3) is 16.8 Å². The van der Waals surface area contributed by atoms with Crippen molar-refractivity contribution >= 4 is 32.8 Å². The Morgan fingerprint density at radius 2 is 1.44 bits per heavy atom. The average molecular weight is 415 g/mol. The first-order chi connectivity index (χ1) is 13.2. The van der Waals surface area contributed by atoms with Gasteiger partial charge in [0.15, 0.2) is 0 Å². The molecule has 0 aromatic heterocycles. The summed E-state index contributed by atoms with van der Waals surface area (Å²) in [6, 6.07) is 30.5. The molecule has 132 valence electrons. The number of hydrogen-bond acceptors (Lipinski definition) is 1. The van der Waals surface area contributed by atoms with E-state index in [1.807, 2.05) is 54.6 Å². The maximum absolute atomic E-state index is 10.8. The lowest BCUT2D eigenvalue weighted by molar-refractivity contribution is 0.468. The molecule has 4 rings (SSSR count). The van der Waals surface area contributed by atoms with Crippen LogP contribution in [0.2, 0.25) is 0 Å². The van der Waals surface area contributed by atoms with E-state index in [-0.39, 0.29) is 5.92 Å². The van der Waals surface area contributed by atoms with Gasteiger partial charge in [0, 0.05) is 16.0 Å². The number of aromatic hydroxyl groups is 1. The maximum atomic E-state index is 10.8. The van der Waals surface area contributed by atoms with Crippen molar-refractivity contribution in [2.75, 3.05) is 0 Å². The number of allylic oxidation sites excluding steroid dienone is 1. The molecule has 0 radical (unpaired) electrons. The number of benzene rings is 4. The van der Waals surface area contributed by atoms with Crippen LogP contribution in [0.3, 0.4) is 0 Å². The second-order valence-corrected chi connectivity index (χ2v) is 7.48. The highest BCUT2D eigenvalue weighted by Crippen LogP contribution is 2.36. The summed E-state index contributed by atoms with van der Waals surface area (Å²) >= 11 is 3.54. The van der Waals surface area contributed by atoms with E-state index in [1.165, 1.54) is 0 Å². The Kier molecular flexibility index (Phi) is 5.08. The van der Waals surface area contributed by atoms with Crippen molar-refractivity contribution in [1.29, 1.82) is 0 Å². The molecule has 1 nitrogen and oxygen atoms in total. The standard InChI is InChI=1S/C25H19BrO/c26-22-13-12-20-17-25(27)24(16-21(20)15-22)23(19-9-5-2-6-10-19)14-11-18-7-3-1-4-8-18/h1-17,23,27H/b14-11+. The number of phenolic OH excluding ortho intramolecular Hbond substituents is 1. The van der Waals surface area contributed by atoms with Crippen LogP contribution in [-0.4, -0.2) is 5.11 Å². The molecule has 0 saturated heterocycles. The van der Waals surface area contributed by atoms with Gasteiger partial charge >= 0.3 is 0 Å². The monoisotopic (exact) mass is 414 g/mol. The predicted octanol–water partition coefficient (Wildman–Crippen LogP) is 7.15. The first-order valence-corrected chi connectivity index (χ1v) is 9.70. The lowest BCUT2D eigenvalue weighted by Gasteiger charge is -2.17. The Labute approximate surface area is 167 Å². The van der Waals surface area contributed by atoms with E-state index < -0.39 is 0 Å². The van der Waals surface area contributed by atoms with Crippen LogP contribution in [0.4, 0.5) is 0 Å². The van der Waals surface area contributed by atoms with E-state index in [0.717, 1.165) is 31.9 Å². The summed E-state index contributed by atoms with van der Waals surface area (Å²) in [7, 11) is 0. The molecule has 0 spiro atoms. The van der Waals surface area contributed by atoms with Crippen molar-refractivity contribution in [2.24, 2.45) is 0 Å². The SMILES string of the molecule is Oc1cc2ccc(Br)cc2cc1C(/C=C/c1ccccc1)c1ccccc1. The fourth-order valence-corrected chi connectivity index (χ4v) is 3.73. The molecular weight excluding hydrogens is 396 g/mol. The summed E-state index contributed by atoms with van der Waals surface area (Å²) in [6.07, 6.45) is 4.27. The number of phenols is 1. The quantitative estimate of drug-likeness (QED) is 0.375. The van der Waals surface area contributed by atoms with E-state index in [0.29, 0.717) is 5.75 Å². The third-order valence-electron chi connectivity index (χ3n) is 4.72. The van der Waals surface area contributed by atoms with E-state index in [9.17, 15) is 5.11 Å². The van der Waals surface area contributed by atoms with Crippen molar-refractivity contribution in [2.45, 2.75) is 5.92 Å². The normalized spacial score (nSPS) is 12.5. The van der Waals surface area contributed by atoms with Crippen LogP contribution in [0.1, 0.15) is 22.6 Å². The zero-order chi connectivity index (χ0) is 18.6. The van der Waals surface area contributed by atoms with Crippen LogP contribution in [0, 0.1) is 0 Å². The Morgan fingerprint density at radius 1 is 0.741 bits per heavy atom. The van der Waals surface area contributed by atoms with E-state index in [2.05, 4.69) is 64.5 Å². The highest BCUT2D eigenvalue weighted by Gasteiger charge is 2.16. The molecule has 4 aromatic rings. The molecule has 0 amide bonds. The number of hydrogen-bond donors (Lipinski definition) is 1. The molecule has 2 heteroatoms. The smallest absolute Gasteiger partial charge is 0.120 e. The second kappa shape index (κ2) is 7.81. The van der Waals surface area contributed by atoms with Gasteiger partial charge in [0.05, 0.1) is 0 Å². The fraction of sp³-hybridized carbons (Fsp3) is 0.0400. The highest BCUT2D eigenvalue weighted by molar-refractivity contribution is 9.10. The molecule has 27 heavy (non-hydrogen) atoms. The minimum Gasteiger partial charge on any atom is -0.508 e. The van der Waals surface area contributed by atoms with Crippen LogP contribution in [0.15, 0.2) is 102 Å². The van der Waals surface area contributed by atoms with Gasteiger partial charge in [0.2, 0.25) is 0 Å². The number of rotatable bonds is 4. The topological polar surface area (TPSA) is 20.2 Å². The summed E-state index contributed by atoms with van der Waals surface area (Å²) in [5.74, 6) is 0.283. The van der Waals surface area contributed by atoms with Gasteiger partial charge in [-0.25, -0.2) is 0 Å². The Bertz CT molecular complexity index is 1090. The van der Waals surface area contributed by atoms with Crippen LogP contribution in [0.5, 0.6) is 5.75 Å². The molecule has 1 atom stereocenters. The van der Waals surface area contributed by atoms with Crippen LogP contribution in [-0.2, 0) is 0 Å². The number of fused-ring (bicyclic) bond motifs is 1. The van der Waals surface area contributed by atoms with Gasteiger partial charge in [-0.05, 0) is 46.2 Å². The molecule has 1 N–H and O–H groups in total. The van der Waals surface area contributed by atoms with E-state index in [1.54, 1.807) is 0 Å². The third kappa shape index (κ3) is 3.96. The van der Waals surface area contributed by atoms with Gasteiger partial charge in [-0.1, -0.05) is 94.8 Å². The molecule has 0 bridgehead atoms. The minimum atomic E-state index is -0.0326. The largest absolute Gasteiger partial charge is 0.508 e. The Morgan fingerprint density at radius 3 is 2.19 bits per heavy atom. The van der Waals surface area contributed by atoms with Crippen molar-refractivity contribution in [3.05, 3.63) is 118 Å². The molecule has 0 heterocycles. The van der Waals surface area contributed by atoms with E-state index >= 15 is 0 Å². The minimum absolute atomic E-state index is 0.0326. The summed E-state index contributed by atoms with van der Waals surface area (Å²) in [4.78, 5) is 0. The van der Waals surface area contributed by atoms with Crippen LogP contribution < -0.4 is 0 Å². The maximum Gasteiger partial charge on any atom is 0.120 e. The first-order valence-electron chi connectivity index (χ1n) is 8.91. The molecule has 0 aliphatic heterocycles. The van der Waals surface area contributed by atoms with Gasteiger partial charge in [-0.2, -0.15) is 0 Å². The zero-order valence-corrected chi connectivity index (χ0v) is 16.3. The van der Waals surface area contributed by atoms with Crippen LogP contribution >= 0.6 is 15.9 Å². The third-order valence-corrected chi connectivity index (χ3v) is 5.22. The van der Waals surface area contributed by atoms with Gasteiger partial charge in [-0.15, -0.1) is 0 Å². The van der Waals surface area contributed by atoms with E-state index in [4.69, 9.17) is 0 Å².